The lowest BCUT2D eigenvalue weighted by molar-refractivity contribution is 0.168. The van der Waals surface area contributed by atoms with Gasteiger partial charge in [0.1, 0.15) is 5.75 Å². The zero-order chi connectivity index (χ0) is 9.26. The fourth-order valence-corrected chi connectivity index (χ4v) is 1.66. The predicted molar refractivity (Wildman–Crippen MR) is 50.8 cm³/mol. The van der Waals surface area contributed by atoms with Crippen molar-refractivity contribution >= 4 is 5.69 Å². The van der Waals surface area contributed by atoms with Gasteiger partial charge >= 0.3 is 0 Å². The zero-order valence-corrected chi connectivity index (χ0v) is 7.33. The summed E-state index contributed by atoms with van der Waals surface area (Å²) < 4.78 is 0. The maximum absolute atomic E-state index is 9.71. The van der Waals surface area contributed by atoms with E-state index >= 15 is 0 Å². The Kier molecular flexibility index (Phi) is 2.10. The molecule has 13 heavy (non-hydrogen) atoms. The van der Waals surface area contributed by atoms with Gasteiger partial charge in [-0.1, -0.05) is 6.07 Å². The zero-order valence-electron chi connectivity index (χ0n) is 7.33. The highest BCUT2D eigenvalue weighted by atomic mass is 16.3. The average Bonchev–Trinajstić information content (AvgIpc) is 2.28. The van der Waals surface area contributed by atoms with Crippen molar-refractivity contribution in [2.24, 2.45) is 0 Å². The molecule has 1 heterocycles. The van der Waals surface area contributed by atoms with Gasteiger partial charge in [-0.2, -0.15) is 0 Å². The highest BCUT2D eigenvalue weighted by Gasteiger charge is 2.15. The van der Waals surface area contributed by atoms with E-state index in [9.17, 15) is 10.2 Å². The van der Waals surface area contributed by atoms with Gasteiger partial charge in [0.15, 0.2) is 0 Å². The largest absolute Gasteiger partial charge is 0.508 e. The first-order chi connectivity index (χ1) is 6.27. The van der Waals surface area contributed by atoms with Crippen LogP contribution in [0.5, 0.6) is 5.75 Å². The molecule has 0 bridgehead atoms. The lowest BCUT2D eigenvalue weighted by Gasteiger charge is -2.11. The van der Waals surface area contributed by atoms with Crippen LogP contribution in [-0.2, 0) is 0 Å². The van der Waals surface area contributed by atoms with E-state index in [1.807, 2.05) is 0 Å². The van der Waals surface area contributed by atoms with Gasteiger partial charge in [0.25, 0.3) is 0 Å². The number of anilines is 1. The van der Waals surface area contributed by atoms with Crippen molar-refractivity contribution in [1.82, 2.24) is 0 Å². The minimum Gasteiger partial charge on any atom is -0.508 e. The van der Waals surface area contributed by atoms with Gasteiger partial charge in [-0.3, -0.25) is 0 Å². The van der Waals surface area contributed by atoms with Crippen LogP contribution in [0.25, 0.3) is 0 Å². The van der Waals surface area contributed by atoms with E-state index in [1.54, 1.807) is 18.2 Å². The molecular weight excluding hydrogens is 166 g/mol. The molecule has 3 nitrogen and oxygen atoms in total. The smallest absolute Gasteiger partial charge is 0.117 e. The van der Waals surface area contributed by atoms with Crippen LogP contribution in [0.1, 0.15) is 24.5 Å². The van der Waals surface area contributed by atoms with Crippen LogP contribution in [0.15, 0.2) is 18.2 Å². The molecule has 0 amide bonds. The average molecular weight is 179 g/mol. The summed E-state index contributed by atoms with van der Waals surface area (Å²) in [6.45, 7) is 0.855. The van der Waals surface area contributed by atoms with Gasteiger partial charge in [-0.15, -0.1) is 0 Å². The molecule has 1 aromatic rings. The maximum atomic E-state index is 9.71. The van der Waals surface area contributed by atoms with Crippen molar-refractivity contribution < 1.29 is 10.2 Å². The number of rotatable bonds is 0. The number of aliphatic hydroxyl groups excluding tert-OH is 1. The molecule has 0 saturated heterocycles. The molecule has 1 aromatic carbocycles. The number of phenolic OH excluding ortho intramolecular Hbond substituents is 1. The molecule has 3 N–H and O–H groups in total. The highest BCUT2D eigenvalue weighted by molar-refractivity contribution is 5.56. The predicted octanol–water partition coefficient (Wildman–Crippen LogP) is 1.63. The van der Waals surface area contributed by atoms with Crippen LogP contribution in [0.4, 0.5) is 5.69 Å². The van der Waals surface area contributed by atoms with Crippen molar-refractivity contribution in [1.29, 1.82) is 0 Å². The van der Waals surface area contributed by atoms with Gasteiger partial charge in [0, 0.05) is 23.9 Å². The minimum atomic E-state index is -0.398. The maximum Gasteiger partial charge on any atom is 0.117 e. The van der Waals surface area contributed by atoms with Crippen LogP contribution in [0, 0.1) is 0 Å². The first kappa shape index (κ1) is 8.38. The number of fused-ring (bicyclic) bond motifs is 1. The Morgan fingerprint density at radius 1 is 1.38 bits per heavy atom. The molecule has 0 aromatic heterocycles. The fraction of sp³-hybridized carbons (Fsp3) is 0.400. The minimum absolute atomic E-state index is 0.236. The van der Waals surface area contributed by atoms with E-state index in [-0.39, 0.29) is 5.75 Å². The van der Waals surface area contributed by atoms with Crippen LogP contribution < -0.4 is 5.32 Å². The van der Waals surface area contributed by atoms with Crippen LogP contribution >= 0.6 is 0 Å². The third-order valence-electron chi connectivity index (χ3n) is 2.37. The molecule has 0 saturated carbocycles. The van der Waals surface area contributed by atoms with Crippen LogP contribution in [0.3, 0.4) is 0 Å². The van der Waals surface area contributed by atoms with E-state index in [2.05, 4.69) is 5.32 Å². The van der Waals surface area contributed by atoms with Gasteiger partial charge < -0.3 is 15.5 Å². The molecular formula is C10H13NO2. The molecule has 0 spiro atoms. The Labute approximate surface area is 77.0 Å². The van der Waals surface area contributed by atoms with E-state index in [1.165, 1.54) is 0 Å². The summed E-state index contributed by atoms with van der Waals surface area (Å²) in [7, 11) is 0. The van der Waals surface area contributed by atoms with Crippen molar-refractivity contribution in [3.05, 3.63) is 23.8 Å². The molecule has 1 aliphatic heterocycles. The van der Waals surface area contributed by atoms with Gasteiger partial charge in [-0.25, -0.2) is 0 Å². The number of hydrogen-bond acceptors (Lipinski definition) is 3. The number of nitrogens with one attached hydrogen (secondary N) is 1. The summed E-state index contributed by atoms with van der Waals surface area (Å²) in [5.41, 5.74) is 1.74. The Morgan fingerprint density at radius 3 is 3.08 bits per heavy atom. The Bertz CT molecular complexity index is 312. The quantitative estimate of drug-likeness (QED) is 0.567. The molecule has 70 valence electrons. The molecule has 3 heteroatoms. The van der Waals surface area contributed by atoms with Gasteiger partial charge in [-0.05, 0) is 18.9 Å². The van der Waals surface area contributed by atoms with E-state index < -0.39 is 6.10 Å². The second-order valence-electron chi connectivity index (χ2n) is 3.36. The third kappa shape index (κ3) is 1.60. The summed E-state index contributed by atoms with van der Waals surface area (Å²) in [4.78, 5) is 0. The molecule has 0 aliphatic carbocycles. The standard InChI is InChI=1S/C10H13NO2/c12-7-3-4-8-9(6-7)11-5-1-2-10(8)13/h3-4,6,10-13H,1-2,5H2. The number of hydrogen-bond donors (Lipinski definition) is 3. The monoisotopic (exact) mass is 179 g/mol. The summed E-state index contributed by atoms with van der Waals surface area (Å²) >= 11 is 0. The summed E-state index contributed by atoms with van der Waals surface area (Å²) in [6.07, 6.45) is 1.34. The molecule has 2 rings (SSSR count). The Morgan fingerprint density at radius 2 is 2.23 bits per heavy atom. The topological polar surface area (TPSA) is 52.5 Å². The van der Waals surface area contributed by atoms with Gasteiger partial charge in [0.05, 0.1) is 6.10 Å². The van der Waals surface area contributed by atoms with E-state index in [4.69, 9.17) is 0 Å². The summed E-state index contributed by atoms with van der Waals surface area (Å²) in [5, 5.41) is 22.1. The highest BCUT2D eigenvalue weighted by Crippen LogP contribution is 2.31. The molecule has 0 fully saturated rings. The van der Waals surface area contributed by atoms with Crippen molar-refractivity contribution in [3.8, 4) is 5.75 Å². The van der Waals surface area contributed by atoms with E-state index in [0.717, 1.165) is 30.6 Å². The first-order valence-electron chi connectivity index (χ1n) is 4.52. The molecule has 0 radical (unpaired) electrons. The van der Waals surface area contributed by atoms with Gasteiger partial charge in [0.2, 0.25) is 0 Å². The fourth-order valence-electron chi connectivity index (χ4n) is 1.66. The normalized spacial score (nSPS) is 21.5. The second kappa shape index (κ2) is 3.26. The Balaban J connectivity index is 2.42. The van der Waals surface area contributed by atoms with Crippen LogP contribution in [0.2, 0.25) is 0 Å². The van der Waals surface area contributed by atoms with Crippen molar-refractivity contribution in [3.63, 3.8) is 0 Å². The first-order valence-corrected chi connectivity index (χ1v) is 4.52. The molecule has 1 unspecified atom stereocenters. The van der Waals surface area contributed by atoms with Crippen LogP contribution in [-0.4, -0.2) is 16.8 Å². The SMILES string of the molecule is Oc1ccc2c(c1)NCCCC2O. The molecule has 1 aliphatic rings. The molecule has 1 atom stereocenters. The number of aromatic hydroxyl groups is 1. The summed E-state index contributed by atoms with van der Waals surface area (Å²) in [5.74, 6) is 0.236. The number of aliphatic hydroxyl groups is 1. The number of phenols is 1. The third-order valence-corrected chi connectivity index (χ3v) is 2.37. The van der Waals surface area contributed by atoms with E-state index in [0.29, 0.717) is 0 Å². The summed E-state index contributed by atoms with van der Waals surface area (Å²) in [6, 6.07) is 5.03. The Hall–Kier alpha value is -1.22. The lowest BCUT2D eigenvalue weighted by atomic mass is 10.0. The van der Waals surface area contributed by atoms with Crippen molar-refractivity contribution in [2.45, 2.75) is 18.9 Å². The lowest BCUT2D eigenvalue weighted by Crippen LogP contribution is -1.99. The van der Waals surface area contributed by atoms with Crippen molar-refractivity contribution in [2.75, 3.05) is 11.9 Å². The second-order valence-corrected chi connectivity index (χ2v) is 3.36. The number of benzene rings is 1.